The first-order valence-corrected chi connectivity index (χ1v) is 9.90. The van der Waals surface area contributed by atoms with Crippen molar-refractivity contribution in [3.05, 3.63) is 65.2 Å². The van der Waals surface area contributed by atoms with Crippen LogP contribution in [0.3, 0.4) is 0 Å². The molecule has 1 heterocycles. The molecule has 3 rings (SSSR count). The number of hydrogen-bond acceptors (Lipinski definition) is 5. The topological polar surface area (TPSA) is 84.9 Å². The minimum Gasteiger partial charge on any atom is -0.484 e. The molecule has 158 valence electrons. The molecular weight excluding hydrogens is 384 g/mol. The highest BCUT2D eigenvalue weighted by atomic mass is 16.5. The van der Waals surface area contributed by atoms with Gasteiger partial charge in [-0.2, -0.15) is 0 Å². The molecule has 0 radical (unpaired) electrons. The van der Waals surface area contributed by atoms with E-state index in [1.165, 1.54) is 4.90 Å². The van der Waals surface area contributed by atoms with Crippen LogP contribution in [0.2, 0.25) is 0 Å². The Balaban J connectivity index is 1.58. The summed E-state index contributed by atoms with van der Waals surface area (Å²) in [7, 11) is 0. The Bertz CT molecular complexity index is 893. The standard InChI is InChI=1S/C23H26N2O5/c1-16-10-17(2)12-19(11-16)29-15-21(26)25-9-8-24-23(28)20(25)13-22(27)30-14-18-6-4-3-5-7-18/h3-7,10-12,20H,8-9,13-15H2,1-2H3,(H,24,28). The zero-order valence-corrected chi connectivity index (χ0v) is 17.2. The van der Waals surface area contributed by atoms with E-state index >= 15 is 0 Å². The molecule has 1 aliphatic heterocycles. The number of nitrogens with zero attached hydrogens (tertiary/aromatic N) is 1. The fourth-order valence-electron chi connectivity index (χ4n) is 3.42. The van der Waals surface area contributed by atoms with Gasteiger partial charge in [-0.3, -0.25) is 14.4 Å². The molecule has 1 saturated heterocycles. The lowest BCUT2D eigenvalue weighted by Gasteiger charge is -2.34. The fraction of sp³-hybridized carbons (Fsp3) is 0.348. The van der Waals surface area contributed by atoms with Gasteiger partial charge in [0.25, 0.3) is 5.91 Å². The number of amides is 2. The maximum atomic E-state index is 12.7. The van der Waals surface area contributed by atoms with Crippen molar-refractivity contribution in [1.82, 2.24) is 10.2 Å². The minimum absolute atomic E-state index is 0.123. The van der Waals surface area contributed by atoms with Crippen LogP contribution in [0.1, 0.15) is 23.1 Å². The Morgan fingerprint density at radius 1 is 1.10 bits per heavy atom. The first kappa shape index (κ1) is 21.4. The second-order valence-corrected chi connectivity index (χ2v) is 7.36. The maximum absolute atomic E-state index is 12.7. The predicted octanol–water partition coefficient (Wildman–Crippen LogP) is 2.14. The number of hydrogen-bond donors (Lipinski definition) is 1. The van der Waals surface area contributed by atoms with Gasteiger partial charge in [0, 0.05) is 13.1 Å². The van der Waals surface area contributed by atoms with Crippen LogP contribution in [-0.4, -0.2) is 48.4 Å². The molecule has 1 unspecified atom stereocenters. The molecule has 30 heavy (non-hydrogen) atoms. The average molecular weight is 410 g/mol. The van der Waals surface area contributed by atoms with Crippen molar-refractivity contribution in [2.75, 3.05) is 19.7 Å². The van der Waals surface area contributed by atoms with Crippen molar-refractivity contribution < 1.29 is 23.9 Å². The Hall–Kier alpha value is -3.35. The van der Waals surface area contributed by atoms with Gasteiger partial charge in [0.2, 0.25) is 5.91 Å². The number of rotatable bonds is 7. The third kappa shape index (κ3) is 5.83. The van der Waals surface area contributed by atoms with Gasteiger partial charge >= 0.3 is 5.97 Å². The molecule has 2 aromatic rings. The van der Waals surface area contributed by atoms with Crippen molar-refractivity contribution in [3.63, 3.8) is 0 Å². The van der Waals surface area contributed by atoms with Gasteiger partial charge in [0.15, 0.2) is 6.61 Å². The number of carbonyl (C=O) groups is 3. The average Bonchev–Trinajstić information content (AvgIpc) is 2.72. The van der Waals surface area contributed by atoms with E-state index in [1.54, 1.807) is 0 Å². The molecule has 0 saturated carbocycles. The Labute approximate surface area is 176 Å². The molecule has 1 atom stereocenters. The van der Waals surface area contributed by atoms with Crippen LogP contribution < -0.4 is 10.1 Å². The fourth-order valence-corrected chi connectivity index (χ4v) is 3.42. The number of aryl methyl sites for hydroxylation is 2. The van der Waals surface area contributed by atoms with E-state index < -0.39 is 12.0 Å². The van der Waals surface area contributed by atoms with Crippen LogP contribution in [0, 0.1) is 13.8 Å². The smallest absolute Gasteiger partial charge is 0.308 e. The van der Waals surface area contributed by atoms with E-state index in [0.717, 1.165) is 16.7 Å². The van der Waals surface area contributed by atoms with E-state index in [4.69, 9.17) is 9.47 Å². The lowest BCUT2D eigenvalue weighted by atomic mass is 10.1. The van der Waals surface area contributed by atoms with E-state index in [-0.39, 0.29) is 31.4 Å². The molecule has 1 N–H and O–H groups in total. The molecule has 0 spiro atoms. The SMILES string of the molecule is Cc1cc(C)cc(OCC(=O)N2CCNC(=O)C2CC(=O)OCc2ccccc2)c1. The van der Waals surface area contributed by atoms with Crippen LogP contribution in [0.15, 0.2) is 48.5 Å². The van der Waals surface area contributed by atoms with E-state index in [9.17, 15) is 14.4 Å². The highest BCUT2D eigenvalue weighted by Crippen LogP contribution is 2.17. The number of esters is 1. The van der Waals surface area contributed by atoms with Gasteiger partial charge in [-0.25, -0.2) is 0 Å². The van der Waals surface area contributed by atoms with Gasteiger partial charge in [0.05, 0.1) is 6.42 Å². The first-order chi connectivity index (χ1) is 14.4. The van der Waals surface area contributed by atoms with Gasteiger partial charge in [-0.15, -0.1) is 0 Å². The number of piperazine rings is 1. The van der Waals surface area contributed by atoms with E-state index in [1.807, 2.05) is 62.4 Å². The van der Waals surface area contributed by atoms with E-state index in [0.29, 0.717) is 18.8 Å². The zero-order valence-electron chi connectivity index (χ0n) is 17.2. The monoisotopic (exact) mass is 410 g/mol. The molecule has 0 aliphatic carbocycles. The summed E-state index contributed by atoms with van der Waals surface area (Å²) in [5.74, 6) is -0.641. The van der Waals surface area contributed by atoms with Crippen LogP contribution in [0.4, 0.5) is 0 Å². The maximum Gasteiger partial charge on any atom is 0.308 e. The Morgan fingerprint density at radius 3 is 2.50 bits per heavy atom. The summed E-state index contributed by atoms with van der Waals surface area (Å²) in [4.78, 5) is 38.7. The van der Waals surface area contributed by atoms with Crippen molar-refractivity contribution in [2.45, 2.75) is 32.9 Å². The van der Waals surface area contributed by atoms with Crippen molar-refractivity contribution >= 4 is 17.8 Å². The number of benzene rings is 2. The molecule has 0 bridgehead atoms. The number of ether oxygens (including phenoxy) is 2. The van der Waals surface area contributed by atoms with Crippen molar-refractivity contribution in [2.24, 2.45) is 0 Å². The lowest BCUT2D eigenvalue weighted by Crippen LogP contribution is -2.58. The molecule has 7 nitrogen and oxygen atoms in total. The molecule has 7 heteroatoms. The number of nitrogens with one attached hydrogen (secondary N) is 1. The summed E-state index contributed by atoms with van der Waals surface area (Å²) in [5, 5.41) is 2.70. The summed E-state index contributed by atoms with van der Waals surface area (Å²) in [6.45, 7) is 4.48. The zero-order chi connectivity index (χ0) is 21.5. The second kappa shape index (κ2) is 9.91. The summed E-state index contributed by atoms with van der Waals surface area (Å²) in [6.07, 6.45) is -0.200. The Morgan fingerprint density at radius 2 is 1.80 bits per heavy atom. The van der Waals surface area contributed by atoms with Gasteiger partial charge in [-0.05, 0) is 42.7 Å². The summed E-state index contributed by atoms with van der Waals surface area (Å²) >= 11 is 0. The van der Waals surface area contributed by atoms with Gasteiger partial charge in [0.1, 0.15) is 18.4 Å². The highest BCUT2D eigenvalue weighted by molar-refractivity contribution is 5.92. The highest BCUT2D eigenvalue weighted by Gasteiger charge is 2.35. The van der Waals surface area contributed by atoms with Crippen LogP contribution in [0.5, 0.6) is 5.75 Å². The summed E-state index contributed by atoms with van der Waals surface area (Å²) in [5.41, 5.74) is 2.93. The first-order valence-electron chi connectivity index (χ1n) is 9.90. The normalized spacial score (nSPS) is 16.0. The van der Waals surface area contributed by atoms with Gasteiger partial charge < -0.3 is 19.7 Å². The quantitative estimate of drug-likeness (QED) is 0.707. The predicted molar refractivity (Wildman–Crippen MR) is 111 cm³/mol. The largest absolute Gasteiger partial charge is 0.484 e. The molecule has 2 amide bonds. The summed E-state index contributed by atoms with van der Waals surface area (Å²) < 4.78 is 10.9. The van der Waals surface area contributed by atoms with Crippen LogP contribution in [-0.2, 0) is 25.7 Å². The van der Waals surface area contributed by atoms with Crippen molar-refractivity contribution in [1.29, 1.82) is 0 Å². The van der Waals surface area contributed by atoms with Gasteiger partial charge in [-0.1, -0.05) is 36.4 Å². The molecule has 2 aromatic carbocycles. The second-order valence-electron chi connectivity index (χ2n) is 7.36. The molecule has 0 aromatic heterocycles. The van der Waals surface area contributed by atoms with Crippen LogP contribution in [0.25, 0.3) is 0 Å². The molecular formula is C23H26N2O5. The minimum atomic E-state index is -0.905. The number of carbonyl (C=O) groups excluding carboxylic acids is 3. The van der Waals surface area contributed by atoms with Crippen LogP contribution >= 0.6 is 0 Å². The lowest BCUT2D eigenvalue weighted by molar-refractivity contribution is -0.153. The van der Waals surface area contributed by atoms with E-state index in [2.05, 4.69) is 5.32 Å². The third-order valence-corrected chi connectivity index (χ3v) is 4.81. The molecule has 1 aliphatic rings. The third-order valence-electron chi connectivity index (χ3n) is 4.81. The Kier molecular flexibility index (Phi) is 7.06. The summed E-state index contributed by atoms with van der Waals surface area (Å²) in [6, 6.07) is 14.1. The van der Waals surface area contributed by atoms with Crippen molar-refractivity contribution in [3.8, 4) is 5.75 Å². The molecule has 1 fully saturated rings.